The number of hydrogen-bond donors (Lipinski definition) is 1. The first-order chi connectivity index (χ1) is 15.3. The van der Waals surface area contributed by atoms with Crippen LogP contribution >= 0.6 is 0 Å². The van der Waals surface area contributed by atoms with Crippen LogP contribution in [0.2, 0.25) is 0 Å². The monoisotopic (exact) mass is 459 g/mol. The Morgan fingerprint density at radius 1 is 1.09 bits per heavy atom. The van der Waals surface area contributed by atoms with E-state index in [0.717, 1.165) is 42.5 Å². The molecule has 1 fully saturated rings. The summed E-state index contributed by atoms with van der Waals surface area (Å²) in [6, 6.07) is 16.0. The Labute approximate surface area is 191 Å². The van der Waals surface area contributed by atoms with Gasteiger partial charge in [0.1, 0.15) is 12.3 Å². The highest BCUT2D eigenvalue weighted by molar-refractivity contribution is 7.92. The van der Waals surface area contributed by atoms with E-state index in [0.29, 0.717) is 23.7 Å². The molecule has 7 nitrogen and oxygen atoms in total. The van der Waals surface area contributed by atoms with E-state index in [1.165, 1.54) is 12.8 Å². The Morgan fingerprint density at radius 2 is 1.75 bits per heavy atom. The molecule has 1 aliphatic heterocycles. The van der Waals surface area contributed by atoms with Gasteiger partial charge in [0.15, 0.2) is 5.75 Å². The fraction of sp³-hybridized carbons (Fsp3) is 0.458. The molecule has 0 saturated carbocycles. The second-order valence-corrected chi connectivity index (χ2v) is 10.3. The zero-order valence-corrected chi connectivity index (χ0v) is 19.7. The lowest BCUT2D eigenvalue weighted by Crippen LogP contribution is -2.41. The van der Waals surface area contributed by atoms with Crippen molar-refractivity contribution in [1.29, 1.82) is 0 Å². The molecule has 8 heteroatoms. The summed E-state index contributed by atoms with van der Waals surface area (Å²) in [4.78, 5) is 15.0. The van der Waals surface area contributed by atoms with Crippen molar-refractivity contribution >= 4 is 21.6 Å². The van der Waals surface area contributed by atoms with E-state index < -0.39 is 10.0 Å². The summed E-state index contributed by atoms with van der Waals surface area (Å²) in [6.07, 6.45) is 4.38. The van der Waals surface area contributed by atoms with Crippen molar-refractivity contribution < 1.29 is 17.9 Å². The predicted molar refractivity (Wildman–Crippen MR) is 128 cm³/mol. The molecule has 0 spiro atoms. The van der Waals surface area contributed by atoms with Crippen LogP contribution in [0.4, 0.5) is 5.69 Å². The van der Waals surface area contributed by atoms with Crippen molar-refractivity contribution in [3.8, 4) is 11.5 Å². The van der Waals surface area contributed by atoms with Gasteiger partial charge in [-0.2, -0.15) is 0 Å². The molecular weight excluding hydrogens is 426 g/mol. The zero-order valence-electron chi connectivity index (χ0n) is 18.9. The Balaban J connectivity index is 1.59. The van der Waals surface area contributed by atoms with Crippen LogP contribution < -0.4 is 14.4 Å². The van der Waals surface area contributed by atoms with Gasteiger partial charge in [-0.15, -0.1) is 0 Å². The number of benzene rings is 2. The molecule has 0 atom stereocenters. The summed E-state index contributed by atoms with van der Waals surface area (Å²) >= 11 is 0. The topological polar surface area (TPSA) is 79.0 Å². The molecule has 2 aromatic rings. The molecule has 3 rings (SSSR count). The number of anilines is 1. The van der Waals surface area contributed by atoms with Crippen LogP contribution in [0.3, 0.4) is 0 Å². The van der Waals surface area contributed by atoms with Crippen LogP contribution in [0.15, 0.2) is 54.6 Å². The summed E-state index contributed by atoms with van der Waals surface area (Å²) in [7, 11) is -3.70. The minimum absolute atomic E-state index is 0.296. The molecule has 0 aromatic heterocycles. The van der Waals surface area contributed by atoms with Crippen molar-refractivity contribution in [2.45, 2.75) is 26.2 Å². The Kier molecular flexibility index (Phi) is 8.53. The van der Waals surface area contributed by atoms with Crippen molar-refractivity contribution in [2.75, 3.05) is 43.3 Å². The Hall–Kier alpha value is -2.58. The molecule has 1 heterocycles. The number of carbonyl (C=O) groups excluding carboxylic acids is 1. The number of rotatable bonds is 10. The predicted octanol–water partition coefficient (Wildman–Crippen LogP) is 3.48. The number of sulfonamides is 1. The highest BCUT2D eigenvalue weighted by Gasteiger charge is 2.24. The molecule has 32 heavy (non-hydrogen) atoms. The molecule has 0 aliphatic carbocycles. The Bertz CT molecular complexity index is 974. The maximum Gasteiger partial charge on any atom is 0.240 e. The highest BCUT2D eigenvalue weighted by atomic mass is 32.2. The van der Waals surface area contributed by atoms with Crippen LogP contribution in [0.1, 0.15) is 26.2 Å². The van der Waals surface area contributed by atoms with Gasteiger partial charge in [0.05, 0.1) is 11.9 Å². The number of nitrogens with zero attached hydrogens (tertiary/aromatic N) is 2. The number of ether oxygens (including phenoxy) is 1. The maximum absolute atomic E-state index is 12.6. The molecule has 2 aromatic carbocycles. The molecular formula is C24H33N3O4S. The SMILES string of the molecule is CC1CCN(CCCNC(=O)CN(c2ccccc2Oc2ccccc2)S(C)(=O)=O)CC1. The normalized spacial score (nSPS) is 15.3. The molecule has 0 radical (unpaired) electrons. The van der Waals surface area contributed by atoms with E-state index in [4.69, 9.17) is 4.74 Å². The summed E-state index contributed by atoms with van der Waals surface area (Å²) in [5.74, 6) is 1.42. The second kappa shape index (κ2) is 11.3. The van der Waals surface area contributed by atoms with Crippen LogP contribution in [-0.4, -0.2) is 58.2 Å². The van der Waals surface area contributed by atoms with Gasteiger partial charge in [-0.3, -0.25) is 9.10 Å². The first-order valence-electron chi connectivity index (χ1n) is 11.1. The van der Waals surface area contributed by atoms with Gasteiger partial charge in [0.25, 0.3) is 0 Å². The lowest BCUT2D eigenvalue weighted by atomic mass is 9.99. The smallest absolute Gasteiger partial charge is 0.240 e. The quantitative estimate of drug-likeness (QED) is 0.551. The average Bonchev–Trinajstić information content (AvgIpc) is 2.77. The third-order valence-electron chi connectivity index (χ3n) is 5.64. The third-order valence-corrected chi connectivity index (χ3v) is 6.77. The van der Waals surface area contributed by atoms with Crippen LogP contribution in [0, 0.1) is 5.92 Å². The van der Waals surface area contributed by atoms with E-state index in [1.807, 2.05) is 18.2 Å². The number of nitrogens with one attached hydrogen (secondary N) is 1. The van der Waals surface area contributed by atoms with Gasteiger partial charge in [-0.1, -0.05) is 37.3 Å². The molecule has 1 saturated heterocycles. The van der Waals surface area contributed by atoms with Gasteiger partial charge in [0.2, 0.25) is 15.9 Å². The van der Waals surface area contributed by atoms with Gasteiger partial charge in [-0.05, 0) is 69.1 Å². The van der Waals surface area contributed by atoms with Gasteiger partial charge >= 0.3 is 0 Å². The number of likely N-dealkylation sites (tertiary alicyclic amines) is 1. The second-order valence-electron chi connectivity index (χ2n) is 8.38. The molecule has 1 aliphatic rings. The van der Waals surface area contributed by atoms with E-state index in [1.54, 1.807) is 36.4 Å². The minimum Gasteiger partial charge on any atom is -0.455 e. The molecule has 0 unspecified atom stereocenters. The highest BCUT2D eigenvalue weighted by Crippen LogP contribution is 2.33. The first-order valence-corrected chi connectivity index (χ1v) is 13.0. The van der Waals surface area contributed by atoms with Crippen molar-refractivity contribution in [1.82, 2.24) is 10.2 Å². The molecule has 0 bridgehead atoms. The number of piperidine rings is 1. The number of hydrogen-bond acceptors (Lipinski definition) is 5. The average molecular weight is 460 g/mol. The van der Waals surface area contributed by atoms with Gasteiger partial charge in [-0.25, -0.2) is 8.42 Å². The van der Waals surface area contributed by atoms with Gasteiger partial charge in [0, 0.05) is 6.54 Å². The van der Waals surface area contributed by atoms with Crippen LogP contribution in [0.25, 0.3) is 0 Å². The maximum atomic E-state index is 12.6. The number of carbonyl (C=O) groups is 1. The van der Waals surface area contributed by atoms with Gasteiger partial charge < -0.3 is 15.0 Å². The molecule has 1 N–H and O–H groups in total. The largest absolute Gasteiger partial charge is 0.455 e. The number of para-hydroxylation sites is 3. The zero-order chi connectivity index (χ0) is 23.0. The molecule has 174 valence electrons. The van der Waals surface area contributed by atoms with Crippen LogP contribution in [0.5, 0.6) is 11.5 Å². The summed E-state index contributed by atoms with van der Waals surface area (Å²) < 4.78 is 32.0. The fourth-order valence-electron chi connectivity index (χ4n) is 3.75. The summed E-state index contributed by atoms with van der Waals surface area (Å²) in [6.45, 7) is 5.66. The summed E-state index contributed by atoms with van der Waals surface area (Å²) in [5, 5.41) is 2.86. The minimum atomic E-state index is -3.70. The third kappa shape index (κ3) is 7.24. The fourth-order valence-corrected chi connectivity index (χ4v) is 4.61. The van der Waals surface area contributed by atoms with Crippen molar-refractivity contribution in [2.24, 2.45) is 5.92 Å². The first kappa shape index (κ1) is 24.1. The Morgan fingerprint density at radius 3 is 2.44 bits per heavy atom. The van der Waals surface area contributed by atoms with E-state index >= 15 is 0 Å². The van der Waals surface area contributed by atoms with Crippen molar-refractivity contribution in [3.63, 3.8) is 0 Å². The lowest BCUT2D eigenvalue weighted by molar-refractivity contribution is -0.119. The van der Waals surface area contributed by atoms with Crippen molar-refractivity contribution in [3.05, 3.63) is 54.6 Å². The number of amides is 1. The van der Waals surface area contributed by atoms with E-state index in [2.05, 4.69) is 17.1 Å². The van der Waals surface area contributed by atoms with Crippen LogP contribution in [-0.2, 0) is 14.8 Å². The standard InChI is InChI=1S/C24H33N3O4S/c1-20-13-17-26(18-14-20)16-8-15-25-24(28)19-27(32(2,29)30)22-11-6-7-12-23(22)31-21-9-4-3-5-10-21/h3-7,9-12,20H,8,13-19H2,1-2H3,(H,25,28). The van der Waals surface area contributed by atoms with E-state index in [-0.39, 0.29) is 12.5 Å². The summed E-state index contributed by atoms with van der Waals surface area (Å²) in [5.41, 5.74) is 0.330. The van der Waals surface area contributed by atoms with E-state index in [9.17, 15) is 13.2 Å². The lowest BCUT2D eigenvalue weighted by Gasteiger charge is -2.30. The molecule has 1 amide bonds.